The lowest BCUT2D eigenvalue weighted by Gasteiger charge is -2.34. The van der Waals surface area contributed by atoms with Crippen LogP contribution in [0.25, 0.3) is 10.6 Å². The number of carbonyl (C=O) groups excluding carboxylic acids is 2. The molecule has 7 heteroatoms. The Morgan fingerprint density at radius 2 is 1.59 bits per heavy atom. The van der Waals surface area contributed by atoms with Crippen LogP contribution < -0.4 is 0 Å². The summed E-state index contributed by atoms with van der Waals surface area (Å²) in [7, 11) is 0. The molecule has 0 bridgehead atoms. The van der Waals surface area contributed by atoms with Crippen molar-refractivity contribution < 1.29 is 9.59 Å². The highest BCUT2D eigenvalue weighted by molar-refractivity contribution is 7.13. The molecule has 0 aliphatic carbocycles. The molecule has 1 aliphatic rings. The first-order valence-corrected chi connectivity index (χ1v) is 10.7. The van der Waals surface area contributed by atoms with Crippen LogP contribution in [-0.2, 0) is 11.2 Å². The first-order chi connectivity index (χ1) is 14.1. The van der Waals surface area contributed by atoms with E-state index >= 15 is 0 Å². The summed E-state index contributed by atoms with van der Waals surface area (Å²) in [6.07, 6.45) is 0.258. The molecule has 1 aromatic heterocycles. The minimum Gasteiger partial charge on any atom is -0.339 e. The summed E-state index contributed by atoms with van der Waals surface area (Å²) in [5.74, 6) is 0.0504. The van der Waals surface area contributed by atoms with E-state index in [0.717, 1.165) is 16.3 Å². The highest BCUT2D eigenvalue weighted by Gasteiger charge is 2.25. The largest absolute Gasteiger partial charge is 0.339 e. The molecule has 0 spiro atoms. The van der Waals surface area contributed by atoms with Crippen molar-refractivity contribution in [3.05, 3.63) is 76.3 Å². The number of nitrogens with zero attached hydrogens (tertiary/aromatic N) is 3. The zero-order valence-electron chi connectivity index (χ0n) is 15.8. The smallest absolute Gasteiger partial charge is 0.253 e. The molecule has 29 heavy (non-hydrogen) atoms. The van der Waals surface area contributed by atoms with Gasteiger partial charge in [-0.05, 0) is 18.2 Å². The molecule has 0 saturated carbocycles. The predicted molar refractivity (Wildman–Crippen MR) is 115 cm³/mol. The van der Waals surface area contributed by atoms with Gasteiger partial charge in [0.2, 0.25) is 5.91 Å². The summed E-state index contributed by atoms with van der Waals surface area (Å²) in [6.45, 7) is 2.17. The third-order valence-corrected chi connectivity index (χ3v) is 6.18. The van der Waals surface area contributed by atoms with E-state index in [1.807, 2.05) is 64.9 Å². The number of hydrogen-bond acceptors (Lipinski definition) is 4. The summed E-state index contributed by atoms with van der Waals surface area (Å²) >= 11 is 7.73. The molecule has 148 valence electrons. The van der Waals surface area contributed by atoms with Crippen molar-refractivity contribution >= 4 is 34.8 Å². The van der Waals surface area contributed by atoms with Crippen LogP contribution in [0.3, 0.4) is 0 Å². The summed E-state index contributed by atoms with van der Waals surface area (Å²) in [4.78, 5) is 33.4. The second-order valence-corrected chi connectivity index (χ2v) is 8.10. The maximum Gasteiger partial charge on any atom is 0.253 e. The minimum atomic E-state index is 0.0154. The summed E-state index contributed by atoms with van der Waals surface area (Å²) in [6, 6.07) is 16.8. The molecule has 5 nitrogen and oxygen atoms in total. The van der Waals surface area contributed by atoms with Gasteiger partial charge in [0.25, 0.3) is 5.91 Å². The van der Waals surface area contributed by atoms with Gasteiger partial charge >= 0.3 is 0 Å². The lowest BCUT2D eigenvalue weighted by Crippen LogP contribution is -2.51. The van der Waals surface area contributed by atoms with Gasteiger partial charge in [-0.3, -0.25) is 9.59 Å². The highest BCUT2D eigenvalue weighted by atomic mass is 35.5. The number of aromatic nitrogens is 1. The van der Waals surface area contributed by atoms with E-state index in [4.69, 9.17) is 11.6 Å². The summed E-state index contributed by atoms with van der Waals surface area (Å²) < 4.78 is 0. The van der Waals surface area contributed by atoms with Crippen molar-refractivity contribution in [2.24, 2.45) is 0 Å². The Morgan fingerprint density at radius 1 is 0.931 bits per heavy atom. The fourth-order valence-corrected chi connectivity index (χ4v) is 4.48. The molecule has 0 atom stereocenters. The molecule has 2 heterocycles. The molecule has 0 unspecified atom stereocenters. The third kappa shape index (κ3) is 4.49. The van der Waals surface area contributed by atoms with E-state index in [-0.39, 0.29) is 18.2 Å². The van der Waals surface area contributed by atoms with Gasteiger partial charge < -0.3 is 9.80 Å². The van der Waals surface area contributed by atoms with Crippen LogP contribution in [0.2, 0.25) is 5.02 Å². The lowest BCUT2D eigenvalue weighted by molar-refractivity contribution is -0.132. The second-order valence-electron chi connectivity index (χ2n) is 6.84. The summed E-state index contributed by atoms with van der Waals surface area (Å²) in [5.41, 5.74) is 2.31. The SMILES string of the molecule is O=C(Cc1csc(-c2ccccc2Cl)n1)N1CCN(C(=O)c2ccccc2)CC1. The van der Waals surface area contributed by atoms with E-state index in [0.29, 0.717) is 36.8 Å². The Morgan fingerprint density at radius 3 is 2.31 bits per heavy atom. The number of benzene rings is 2. The molecular weight excluding hydrogens is 406 g/mol. The van der Waals surface area contributed by atoms with Gasteiger partial charge in [0.1, 0.15) is 5.01 Å². The second kappa shape index (κ2) is 8.76. The predicted octanol–water partition coefficient (Wildman–Crippen LogP) is 3.99. The Balaban J connectivity index is 1.34. The third-order valence-electron chi connectivity index (χ3n) is 4.93. The number of hydrogen-bond donors (Lipinski definition) is 0. The molecule has 4 rings (SSSR count). The molecule has 3 aromatic rings. The zero-order valence-corrected chi connectivity index (χ0v) is 17.3. The normalized spacial score (nSPS) is 14.1. The monoisotopic (exact) mass is 425 g/mol. The standard InChI is InChI=1S/C22H20ClN3O2S/c23-19-9-5-4-8-18(19)21-24-17(15-29-21)14-20(27)25-10-12-26(13-11-25)22(28)16-6-2-1-3-7-16/h1-9,15H,10-14H2. The molecule has 1 aliphatic heterocycles. The van der Waals surface area contributed by atoms with Crippen LogP contribution in [0.15, 0.2) is 60.0 Å². The quantitative estimate of drug-likeness (QED) is 0.635. The van der Waals surface area contributed by atoms with Gasteiger partial charge in [-0.15, -0.1) is 11.3 Å². The van der Waals surface area contributed by atoms with Crippen molar-refractivity contribution in [1.82, 2.24) is 14.8 Å². The molecule has 2 aromatic carbocycles. The van der Waals surface area contributed by atoms with Crippen molar-refractivity contribution in [1.29, 1.82) is 0 Å². The maximum absolute atomic E-state index is 12.7. The first kappa shape index (κ1) is 19.6. The maximum atomic E-state index is 12.7. The molecule has 1 saturated heterocycles. The molecule has 2 amide bonds. The Kier molecular flexibility index (Phi) is 5.92. The van der Waals surface area contributed by atoms with Gasteiger partial charge in [-0.1, -0.05) is 48.0 Å². The van der Waals surface area contributed by atoms with Crippen LogP contribution in [0.1, 0.15) is 16.1 Å². The highest BCUT2D eigenvalue weighted by Crippen LogP contribution is 2.30. The van der Waals surface area contributed by atoms with Crippen molar-refractivity contribution in [2.75, 3.05) is 26.2 Å². The van der Waals surface area contributed by atoms with Crippen molar-refractivity contribution in [3.63, 3.8) is 0 Å². The van der Waals surface area contributed by atoms with E-state index < -0.39 is 0 Å². The van der Waals surface area contributed by atoms with Gasteiger partial charge in [0.05, 0.1) is 17.1 Å². The van der Waals surface area contributed by atoms with Gasteiger partial charge in [0.15, 0.2) is 0 Å². The zero-order chi connectivity index (χ0) is 20.2. The average molecular weight is 426 g/mol. The van der Waals surface area contributed by atoms with E-state index in [9.17, 15) is 9.59 Å². The summed E-state index contributed by atoms with van der Waals surface area (Å²) in [5, 5.41) is 3.38. The van der Waals surface area contributed by atoms with Crippen molar-refractivity contribution in [2.45, 2.75) is 6.42 Å². The van der Waals surface area contributed by atoms with E-state index in [1.165, 1.54) is 11.3 Å². The van der Waals surface area contributed by atoms with Crippen LogP contribution in [0, 0.1) is 0 Å². The Hall–Kier alpha value is -2.70. The minimum absolute atomic E-state index is 0.0154. The Labute approximate surface area is 178 Å². The topological polar surface area (TPSA) is 53.5 Å². The number of carbonyl (C=O) groups is 2. The van der Waals surface area contributed by atoms with Crippen LogP contribution in [-0.4, -0.2) is 52.8 Å². The average Bonchev–Trinajstić information content (AvgIpc) is 3.22. The molecule has 0 N–H and O–H groups in total. The lowest BCUT2D eigenvalue weighted by atomic mass is 10.1. The number of halogens is 1. The number of thiazole rings is 1. The van der Waals surface area contributed by atoms with Crippen LogP contribution in [0.5, 0.6) is 0 Å². The van der Waals surface area contributed by atoms with Gasteiger partial charge in [-0.2, -0.15) is 0 Å². The van der Waals surface area contributed by atoms with Gasteiger partial charge in [-0.25, -0.2) is 4.98 Å². The Bertz CT molecular complexity index is 1010. The van der Waals surface area contributed by atoms with Gasteiger partial charge in [0, 0.05) is 42.7 Å². The molecule has 1 fully saturated rings. The number of rotatable bonds is 4. The number of amides is 2. The molecular formula is C22H20ClN3O2S. The molecule has 0 radical (unpaired) electrons. The van der Waals surface area contributed by atoms with Crippen LogP contribution in [0.4, 0.5) is 0 Å². The van der Waals surface area contributed by atoms with E-state index in [2.05, 4.69) is 4.98 Å². The number of piperazine rings is 1. The van der Waals surface area contributed by atoms with Crippen molar-refractivity contribution in [3.8, 4) is 10.6 Å². The van der Waals surface area contributed by atoms with Crippen LogP contribution >= 0.6 is 22.9 Å². The first-order valence-electron chi connectivity index (χ1n) is 9.43. The fraction of sp³-hybridized carbons (Fsp3) is 0.227. The van der Waals surface area contributed by atoms with E-state index in [1.54, 1.807) is 4.90 Å². The fourth-order valence-electron chi connectivity index (χ4n) is 3.34.